The molecule has 2 N–H and O–H groups in total. The highest BCUT2D eigenvalue weighted by Crippen LogP contribution is 2.08. The summed E-state index contributed by atoms with van der Waals surface area (Å²) >= 11 is 0. The molecule has 2 heterocycles. The number of aldehydes is 1. The molecule has 0 aliphatic carbocycles. The summed E-state index contributed by atoms with van der Waals surface area (Å²) in [5.74, 6) is -0.197. The Labute approximate surface area is 131 Å². The third kappa shape index (κ3) is 5.20. The van der Waals surface area contributed by atoms with Gasteiger partial charge in [-0.3, -0.25) is 15.1 Å². The standard InChI is InChI=1S/C15H14N4O4/c20-8-7-17-13(21)10-12(11-4-1-2-6-16-11)18-15(22)19-14-5-3-9-23-14/h1-6,8-9H,7,10H2,(H,17,21)(H,19,22). The van der Waals surface area contributed by atoms with Crippen LogP contribution in [-0.2, 0) is 9.59 Å². The minimum Gasteiger partial charge on any atom is -0.449 e. The summed E-state index contributed by atoms with van der Waals surface area (Å²) in [4.78, 5) is 41.9. The molecule has 0 fully saturated rings. The molecule has 0 aliphatic rings. The number of carbonyl (C=O) groups excluding carboxylic acids is 3. The van der Waals surface area contributed by atoms with Crippen LogP contribution in [0.5, 0.6) is 0 Å². The van der Waals surface area contributed by atoms with E-state index in [-0.39, 0.29) is 24.6 Å². The van der Waals surface area contributed by atoms with Crippen LogP contribution in [0.2, 0.25) is 0 Å². The fourth-order valence-corrected chi connectivity index (χ4v) is 1.70. The average molecular weight is 314 g/mol. The second-order valence-electron chi connectivity index (χ2n) is 4.33. The Balaban J connectivity index is 2.15. The lowest BCUT2D eigenvalue weighted by Gasteiger charge is -2.06. The second kappa shape index (κ2) is 8.23. The molecule has 3 amide bonds. The molecule has 0 saturated carbocycles. The van der Waals surface area contributed by atoms with E-state index in [1.54, 1.807) is 30.3 Å². The van der Waals surface area contributed by atoms with Crippen molar-refractivity contribution >= 4 is 29.8 Å². The maximum absolute atomic E-state index is 11.9. The molecule has 0 saturated heterocycles. The smallest absolute Gasteiger partial charge is 0.348 e. The SMILES string of the molecule is O=CCNC(=O)CC(=NC(=O)Nc1ccco1)c1ccccn1. The zero-order valence-corrected chi connectivity index (χ0v) is 12.1. The Kier molecular flexibility index (Phi) is 5.75. The van der Waals surface area contributed by atoms with E-state index in [0.29, 0.717) is 12.0 Å². The molecule has 2 rings (SSSR count). The third-order valence-electron chi connectivity index (χ3n) is 2.66. The van der Waals surface area contributed by atoms with Crippen molar-refractivity contribution in [2.75, 3.05) is 11.9 Å². The van der Waals surface area contributed by atoms with Gasteiger partial charge in [0.15, 0.2) is 0 Å². The first-order valence-electron chi connectivity index (χ1n) is 6.73. The van der Waals surface area contributed by atoms with Gasteiger partial charge in [-0.25, -0.2) is 4.79 Å². The van der Waals surface area contributed by atoms with Crippen LogP contribution in [0.1, 0.15) is 12.1 Å². The van der Waals surface area contributed by atoms with Crippen LogP contribution >= 0.6 is 0 Å². The predicted molar refractivity (Wildman–Crippen MR) is 82.2 cm³/mol. The molecule has 2 aromatic rings. The molecule has 8 nitrogen and oxygen atoms in total. The number of aromatic nitrogens is 1. The van der Waals surface area contributed by atoms with Gasteiger partial charge in [-0.05, 0) is 18.2 Å². The summed E-state index contributed by atoms with van der Waals surface area (Å²) in [7, 11) is 0. The largest absolute Gasteiger partial charge is 0.449 e. The first-order valence-corrected chi connectivity index (χ1v) is 6.73. The summed E-state index contributed by atoms with van der Waals surface area (Å²) in [5.41, 5.74) is 0.571. The number of amides is 3. The number of hydrogen-bond donors (Lipinski definition) is 2. The molecule has 0 spiro atoms. The normalized spacial score (nSPS) is 10.9. The van der Waals surface area contributed by atoms with Gasteiger partial charge in [-0.2, -0.15) is 4.99 Å². The number of nitrogens with one attached hydrogen (secondary N) is 2. The highest BCUT2D eigenvalue weighted by molar-refractivity contribution is 6.14. The van der Waals surface area contributed by atoms with Gasteiger partial charge in [0, 0.05) is 12.3 Å². The van der Waals surface area contributed by atoms with Crippen LogP contribution < -0.4 is 10.6 Å². The fourth-order valence-electron chi connectivity index (χ4n) is 1.70. The minimum absolute atomic E-state index is 0.104. The molecule has 8 heteroatoms. The van der Waals surface area contributed by atoms with E-state index in [0.717, 1.165) is 0 Å². The number of furan rings is 1. The fraction of sp³-hybridized carbons (Fsp3) is 0.133. The summed E-state index contributed by atoms with van der Waals surface area (Å²) in [6, 6.07) is 7.54. The van der Waals surface area contributed by atoms with Crippen molar-refractivity contribution in [3.05, 3.63) is 48.5 Å². The van der Waals surface area contributed by atoms with Crippen molar-refractivity contribution in [1.29, 1.82) is 0 Å². The molecule has 2 aromatic heterocycles. The first-order chi connectivity index (χ1) is 11.2. The number of hydrogen-bond acceptors (Lipinski definition) is 5. The van der Waals surface area contributed by atoms with E-state index in [4.69, 9.17) is 4.42 Å². The number of anilines is 1. The Morgan fingerprint density at radius 2 is 2.13 bits per heavy atom. The van der Waals surface area contributed by atoms with Gasteiger partial charge < -0.3 is 14.5 Å². The van der Waals surface area contributed by atoms with Gasteiger partial charge in [0.2, 0.25) is 11.8 Å². The van der Waals surface area contributed by atoms with E-state index in [1.807, 2.05) is 0 Å². The molecule has 0 aromatic carbocycles. The van der Waals surface area contributed by atoms with Gasteiger partial charge in [0.1, 0.15) is 6.29 Å². The van der Waals surface area contributed by atoms with E-state index in [9.17, 15) is 14.4 Å². The summed E-state index contributed by atoms with van der Waals surface area (Å²) in [6.07, 6.45) is 3.32. The Bertz CT molecular complexity index is 696. The quantitative estimate of drug-likeness (QED) is 0.618. The molecule has 23 heavy (non-hydrogen) atoms. The average Bonchev–Trinajstić information content (AvgIpc) is 3.06. The van der Waals surface area contributed by atoms with E-state index >= 15 is 0 Å². The highest BCUT2D eigenvalue weighted by Gasteiger charge is 2.13. The topological polar surface area (TPSA) is 114 Å². The number of rotatable bonds is 6. The second-order valence-corrected chi connectivity index (χ2v) is 4.33. The Hall–Kier alpha value is -3.29. The summed E-state index contributed by atoms with van der Waals surface area (Å²) in [6.45, 7) is -0.104. The number of carbonyl (C=O) groups is 3. The minimum atomic E-state index is -0.691. The Morgan fingerprint density at radius 3 is 2.78 bits per heavy atom. The highest BCUT2D eigenvalue weighted by atomic mass is 16.3. The molecule has 0 radical (unpaired) electrons. The maximum atomic E-state index is 11.9. The van der Waals surface area contributed by atoms with Gasteiger partial charge in [-0.1, -0.05) is 6.07 Å². The third-order valence-corrected chi connectivity index (χ3v) is 2.66. The van der Waals surface area contributed by atoms with E-state index < -0.39 is 11.9 Å². The van der Waals surface area contributed by atoms with Crippen LogP contribution in [0.4, 0.5) is 10.7 Å². The molecule has 0 bridgehead atoms. The van der Waals surface area contributed by atoms with Crippen LogP contribution in [0.3, 0.4) is 0 Å². The van der Waals surface area contributed by atoms with Crippen molar-refractivity contribution in [2.24, 2.45) is 4.99 Å². The molecular formula is C15H14N4O4. The summed E-state index contributed by atoms with van der Waals surface area (Å²) < 4.78 is 4.99. The molecule has 118 valence electrons. The first kappa shape index (κ1) is 16.1. The zero-order chi connectivity index (χ0) is 16.5. The Morgan fingerprint density at radius 1 is 1.26 bits per heavy atom. The summed E-state index contributed by atoms with van der Waals surface area (Å²) in [5, 5.41) is 4.82. The van der Waals surface area contributed by atoms with Crippen LogP contribution in [0, 0.1) is 0 Å². The van der Waals surface area contributed by atoms with E-state index in [1.165, 1.54) is 12.5 Å². The molecule has 0 unspecified atom stereocenters. The van der Waals surface area contributed by atoms with Crippen LogP contribution in [0.15, 0.2) is 52.2 Å². The monoisotopic (exact) mass is 314 g/mol. The number of aliphatic imine (C=N–C) groups is 1. The van der Waals surface area contributed by atoms with Gasteiger partial charge in [0.25, 0.3) is 0 Å². The predicted octanol–water partition coefficient (Wildman–Crippen LogP) is 1.40. The number of urea groups is 1. The molecule has 0 aliphatic heterocycles. The maximum Gasteiger partial charge on any atom is 0.348 e. The van der Waals surface area contributed by atoms with E-state index in [2.05, 4.69) is 20.6 Å². The lowest BCUT2D eigenvalue weighted by molar-refractivity contribution is -0.121. The number of pyridine rings is 1. The van der Waals surface area contributed by atoms with Crippen LogP contribution in [-0.4, -0.2) is 35.5 Å². The number of nitrogens with zero attached hydrogens (tertiary/aromatic N) is 2. The molecular weight excluding hydrogens is 300 g/mol. The van der Waals surface area contributed by atoms with Crippen molar-refractivity contribution in [2.45, 2.75) is 6.42 Å². The van der Waals surface area contributed by atoms with Crippen LogP contribution in [0.25, 0.3) is 0 Å². The zero-order valence-electron chi connectivity index (χ0n) is 12.1. The van der Waals surface area contributed by atoms with Gasteiger partial charge in [-0.15, -0.1) is 0 Å². The van der Waals surface area contributed by atoms with Crippen molar-refractivity contribution in [1.82, 2.24) is 10.3 Å². The van der Waals surface area contributed by atoms with Crippen molar-refractivity contribution in [3.8, 4) is 0 Å². The lowest BCUT2D eigenvalue weighted by atomic mass is 10.1. The lowest BCUT2D eigenvalue weighted by Crippen LogP contribution is -2.28. The molecule has 0 atom stereocenters. The van der Waals surface area contributed by atoms with Crippen molar-refractivity contribution in [3.63, 3.8) is 0 Å². The van der Waals surface area contributed by atoms with Gasteiger partial charge >= 0.3 is 6.03 Å². The van der Waals surface area contributed by atoms with Crippen molar-refractivity contribution < 1.29 is 18.8 Å². The van der Waals surface area contributed by atoms with Gasteiger partial charge in [0.05, 0.1) is 30.6 Å².